The summed E-state index contributed by atoms with van der Waals surface area (Å²) in [6.07, 6.45) is 1.82. The molecule has 1 fully saturated rings. The Kier molecular flexibility index (Phi) is 4.62. The molecule has 2 unspecified atom stereocenters. The second-order valence-corrected chi connectivity index (χ2v) is 8.45. The SMILES string of the molecule is CN(C)S(=O)(=O)CC1COCC1NC(=O)c1ccc2[nH]ccc2c1. The molecule has 0 saturated carbocycles. The molecule has 3 rings (SSSR count). The number of hydrogen-bond acceptors (Lipinski definition) is 4. The average Bonchev–Trinajstić information content (AvgIpc) is 3.15. The van der Waals surface area contributed by atoms with E-state index < -0.39 is 10.0 Å². The van der Waals surface area contributed by atoms with E-state index in [1.165, 1.54) is 18.4 Å². The smallest absolute Gasteiger partial charge is 0.251 e. The normalized spacial score (nSPS) is 21.5. The summed E-state index contributed by atoms with van der Waals surface area (Å²) in [5.41, 5.74) is 1.51. The van der Waals surface area contributed by atoms with Gasteiger partial charge in [0.1, 0.15) is 0 Å². The topological polar surface area (TPSA) is 91.5 Å². The van der Waals surface area contributed by atoms with E-state index in [9.17, 15) is 13.2 Å². The first-order chi connectivity index (χ1) is 11.4. The molecule has 2 N–H and O–H groups in total. The zero-order valence-electron chi connectivity index (χ0n) is 13.7. The first-order valence-electron chi connectivity index (χ1n) is 7.73. The summed E-state index contributed by atoms with van der Waals surface area (Å²) < 4.78 is 30.7. The van der Waals surface area contributed by atoms with Crippen LogP contribution < -0.4 is 5.32 Å². The molecule has 0 spiro atoms. The molecule has 1 aromatic heterocycles. The summed E-state index contributed by atoms with van der Waals surface area (Å²) in [5.74, 6) is -0.514. The van der Waals surface area contributed by atoms with Gasteiger partial charge >= 0.3 is 0 Å². The van der Waals surface area contributed by atoms with Crippen LogP contribution in [0.3, 0.4) is 0 Å². The summed E-state index contributed by atoms with van der Waals surface area (Å²) in [6.45, 7) is 0.653. The number of ether oxygens (including phenoxy) is 1. The number of H-pyrrole nitrogens is 1. The van der Waals surface area contributed by atoms with E-state index in [1.807, 2.05) is 24.4 Å². The summed E-state index contributed by atoms with van der Waals surface area (Å²) in [4.78, 5) is 15.6. The molecule has 1 aromatic carbocycles. The number of hydrogen-bond donors (Lipinski definition) is 2. The van der Waals surface area contributed by atoms with Crippen LogP contribution in [0.1, 0.15) is 10.4 Å². The zero-order chi connectivity index (χ0) is 17.3. The average molecular weight is 351 g/mol. The summed E-state index contributed by atoms with van der Waals surface area (Å²) >= 11 is 0. The second kappa shape index (κ2) is 6.54. The molecule has 1 aliphatic rings. The maximum absolute atomic E-state index is 12.5. The third-order valence-electron chi connectivity index (χ3n) is 4.31. The fourth-order valence-corrected chi connectivity index (χ4v) is 3.96. The Labute approximate surface area is 141 Å². The zero-order valence-corrected chi connectivity index (χ0v) is 14.5. The van der Waals surface area contributed by atoms with Gasteiger partial charge in [0, 0.05) is 42.7 Å². The lowest BCUT2D eigenvalue weighted by molar-refractivity contribution is 0.0926. The quantitative estimate of drug-likeness (QED) is 0.834. The number of carbonyl (C=O) groups excluding carboxylic acids is 1. The molecule has 1 amide bonds. The molecular weight excluding hydrogens is 330 g/mol. The van der Waals surface area contributed by atoms with Crippen molar-refractivity contribution in [2.24, 2.45) is 5.92 Å². The molecule has 0 aliphatic carbocycles. The Morgan fingerprint density at radius 2 is 2.12 bits per heavy atom. The van der Waals surface area contributed by atoms with Crippen LogP contribution in [-0.2, 0) is 14.8 Å². The van der Waals surface area contributed by atoms with Gasteiger partial charge in [-0.3, -0.25) is 4.79 Å². The molecule has 0 bridgehead atoms. The van der Waals surface area contributed by atoms with Crippen molar-refractivity contribution >= 4 is 26.8 Å². The van der Waals surface area contributed by atoms with E-state index in [4.69, 9.17) is 4.74 Å². The van der Waals surface area contributed by atoms with E-state index in [1.54, 1.807) is 6.07 Å². The number of benzene rings is 1. The number of rotatable bonds is 5. The lowest BCUT2D eigenvalue weighted by Crippen LogP contribution is -2.43. The van der Waals surface area contributed by atoms with Crippen LogP contribution in [0.2, 0.25) is 0 Å². The van der Waals surface area contributed by atoms with Crippen LogP contribution in [-0.4, -0.2) is 62.7 Å². The van der Waals surface area contributed by atoms with Crippen molar-refractivity contribution in [3.8, 4) is 0 Å². The molecule has 0 radical (unpaired) electrons. The van der Waals surface area contributed by atoms with Crippen molar-refractivity contribution in [3.63, 3.8) is 0 Å². The van der Waals surface area contributed by atoms with E-state index >= 15 is 0 Å². The standard InChI is InChI=1S/C16H21N3O4S/c1-19(2)24(21,22)10-13-8-23-9-15(13)18-16(20)12-3-4-14-11(7-12)5-6-17-14/h3-7,13,15,17H,8-10H2,1-2H3,(H,18,20). The number of sulfonamides is 1. The first kappa shape index (κ1) is 16.9. The number of nitrogens with one attached hydrogen (secondary N) is 2. The Morgan fingerprint density at radius 3 is 2.88 bits per heavy atom. The summed E-state index contributed by atoms with van der Waals surface area (Å²) in [5, 5.41) is 3.86. The molecule has 2 aromatic rings. The summed E-state index contributed by atoms with van der Waals surface area (Å²) in [7, 11) is -0.329. The van der Waals surface area contributed by atoms with Gasteiger partial charge in [0.2, 0.25) is 10.0 Å². The van der Waals surface area contributed by atoms with Crippen LogP contribution >= 0.6 is 0 Å². The molecule has 2 heterocycles. The maximum Gasteiger partial charge on any atom is 0.251 e. The molecule has 2 atom stereocenters. The van der Waals surface area contributed by atoms with Crippen molar-refractivity contribution in [2.45, 2.75) is 6.04 Å². The van der Waals surface area contributed by atoms with E-state index in [-0.39, 0.29) is 23.6 Å². The van der Waals surface area contributed by atoms with Crippen molar-refractivity contribution in [3.05, 3.63) is 36.0 Å². The fourth-order valence-electron chi connectivity index (χ4n) is 2.79. The van der Waals surface area contributed by atoms with Crippen molar-refractivity contribution in [1.29, 1.82) is 0 Å². The third-order valence-corrected chi connectivity index (χ3v) is 6.27. The summed E-state index contributed by atoms with van der Waals surface area (Å²) in [6, 6.07) is 6.99. The fraction of sp³-hybridized carbons (Fsp3) is 0.438. The minimum Gasteiger partial charge on any atom is -0.379 e. The monoisotopic (exact) mass is 351 g/mol. The van der Waals surface area contributed by atoms with Crippen LogP contribution in [0.5, 0.6) is 0 Å². The highest BCUT2D eigenvalue weighted by Gasteiger charge is 2.34. The largest absolute Gasteiger partial charge is 0.379 e. The van der Waals surface area contributed by atoms with Gasteiger partial charge in [0.25, 0.3) is 5.91 Å². The highest BCUT2D eigenvalue weighted by atomic mass is 32.2. The van der Waals surface area contributed by atoms with Crippen LogP contribution in [0, 0.1) is 5.92 Å². The molecule has 1 aliphatic heterocycles. The van der Waals surface area contributed by atoms with Crippen molar-refractivity contribution < 1.29 is 17.9 Å². The van der Waals surface area contributed by atoms with Gasteiger partial charge in [0.15, 0.2) is 0 Å². The molecule has 130 valence electrons. The second-order valence-electron chi connectivity index (χ2n) is 6.22. The van der Waals surface area contributed by atoms with Gasteiger partial charge in [0.05, 0.1) is 25.0 Å². The molecule has 8 heteroatoms. The number of nitrogens with zero attached hydrogens (tertiary/aromatic N) is 1. The molecule has 7 nitrogen and oxygen atoms in total. The van der Waals surface area contributed by atoms with E-state index in [2.05, 4.69) is 10.3 Å². The lowest BCUT2D eigenvalue weighted by Gasteiger charge is -2.21. The van der Waals surface area contributed by atoms with Gasteiger partial charge in [-0.25, -0.2) is 12.7 Å². The van der Waals surface area contributed by atoms with Crippen LogP contribution in [0.4, 0.5) is 0 Å². The van der Waals surface area contributed by atoms with Gasteiger partial charge in [-0.1, -0.05) is 0 Å². The van der Waals surface area contributed by atoms with Crippen LogP contribution in [0.15, 0.2) is 30.5 Å². The predicted molar refractivity (Wildman–Crippen MR) is 91.3 cm³/mol. The van der Waals surface area contributed by atoms with Gasteiger partial charge in [-0.05, 0) is 24.3 Å². The molecular formula is C16H21N3O4S. The van der Waals surface area contributed by atoms with Crippen molar-refractivity contribution in [2.75, 3.05) is 33.1 Å². The maximum atomic E-state index is 12.5. The van der Waals surface area contributed by atoms with Gasteiger partial charge < -0.3 is 15.0 Å². The Bertz CT molecular complexity index is 844. The number of carbonyl (C=O) groups is 1. The van der Waals surface area contributed by atoms with E-state index in [0.717, 1.165) is 10.9 Å². The van der Waals surface area contributed by atoms with Crippen LogP contribution in [0.25, 0.3) is 10.9 Å². The molecule has 24 heavy (non-hydrogen) atoms. The van der Waals surface area contributed by atoms with Gasteiger partial charge in [-0.2, -0.15) is 0 Å². The number of amides is 1. The van der Waals surface area contributed by atoms with E-state index in [0.29, 0.717) is 18.8 Å². The Balaban J connectivity index is 1.70. The number of aromatic amines is 1. The highest BCUT2D eigenvalue weighted by molar-refractivity contribution is 7.89. The minimum absolute atomic E-state index is 0.0399. The highest BCUT2D eigenvalue weighted by Crippen LogP contribution is 2.19. The number of fused-ring (bicyclic) bond motifs is 1. The Morgan fingerprint density at radius 1 is 1.33 bits per heavy atom. The first-order valence-corrected chi connectivity index (χ1v) is 9.34. The number of aromatic nitrogens is 1. The molecule has 1 saturated heterocycles. The lowest BCUT2D eigenvalue weighted by atomic mass is 10.1. The third kappa shape index (κ3) is 3.45. The van der Waals surface area contributed by atoms with Gasteiger partial charge in [-0.15, -0.1) is 0 Å². The van der Waals surface area contributed by atoms with Crippen molar-refractivity contribution in [1.82, 2.24) is 14.6 Å². The minimum atomic E-state index is -3.34. The Hall–Kier alpha value is -1.90. The predicted octanol–water partition coefficient (Wildman–Crippen LogP) is 0.804.